The Bertz CT molecular complexity index is 832. The predicted molar refractivity (Wildman–Crippen MR) is 100 cm³/mol. The van der Waals surface area contributed by atoms with E-state index < -0.39 is 11.7 Å². The number of aromatic nitrogens is 2. The summed E-state index contributed by atoms with van der Waals surface area (Å²) >= 11 is 0. The van der Waals surface area contributed by atoms with Gasteiger partial charge in [0.15, 0.2) is 5.82 Å². The molecule has 1 aliphatic heterocycles. The van der Waals surface area contributed by atoms with Crippen LogP contribution >= 0.6 is 0 Å². The van der Waals surface area contributed by atoms with E-state index >= 15 is 0 Å². The van der Waals surface area contributed by atoms with Crippen LogP contribution in [0.4, 0.5) is 24.7 Å². The lowest BCUT2D eigenvalue weighted by molar-refractivity contribution is -0.138. The number of alkyl halides is 3. The highest BCUT2D eigenvalue weighted by atomic mass is 19.4. The van der Waals surface area contributed by atoms with E-state index in [4.69, 9.17) is 0 Å². The highest BCUT2D eigenvalue weighted by Gasteiger charge is 2.30. The second kappa shape index (κ2) is 8.04. The Kier molecular flexibility index (Phi) is 5.71. The minimum absolute atomic E-state index is 0.0418. The summed E-state index contributed by atoms with van der Waals surface area (Å²) in [7, 11) is 3.84. The first kappa shape index (κ1) is 19.9. The Morgan fingerprint density at radius 3 is 2.50 bits per heavy atom. The maximum atomic E-state index is 12.8. The van der Waals surface area contributed by atoms with Crippen LogP contribution in [0.2, 0.25) is 0 Å². The Balaban J connectivity index is 1.59. The number of rotatable bonds is 4. The van der Waals surface area contributed by atoms with Crippen molar-refractivity contribution in [1.82, 2.24) is 15.1 Å². The molecule has 2 aromatic rings. The van der Waals surface area contributed by atoms with Crippen molar-refractivity contribution in [2.45, 2.75) is 12.6 Å². The molecule has 1 aliphatic rings. The molecule has 1 aromatic heterocycles. The number of hydrogen-bond donors (Lipinski definition) is 0. The van der Waals surface area contributed by atoms with Gasteiger partial charge in [0.1, 0.15) is 0 Å². The molecule has 3 rings (SSSR count). The van der Waals surface area contributed by atoms with Gasteiger partial charge in [0.2, 0.25) is 5.91 Å². The third-order valence-corrected chi connectivity index (χ3v) is 4.71. The van der Waals surface area contributed by atoms with Crippen LogP contribution in [0.5, 0.6) is 0 Å². The molecule has 1 fully saturated rings. The van der Waals surface area contributed by atoms with Gasteiger partial charge in [0.25, 0.3) is 0 Å². The first-order valence-electron chi connectivity index (χ1n) is 8.93. The largest absolute Gasteiger partial charge is 0.416 e. The molecule has 0 radical (unpaired) electrons. The molecular weight excluding hydrogens is 371 g/mol. The van der Waals surface area contributed by atoms with Gasteiger partial charge in [-0.1, -0.05) is 18.2 Å². The van der Waals surface area contributed by atoms with Crippen LogP contribution < -0.4 is 9.80 Å². The van der Waals surface area contributed by atoms with Gasteiger partial charge in [0.05, 0.1) is 23.9 Å². The Morgan fingerprint density at radius 1 is 1.14 bits per heavy atom. The van der Waals surface area contributed by atoms with Crippen molar-refractivity contribution in [2.24, 2.45) is 0 Å². The van der Waals surface area contributed by atoms with E-state index in [0.29, 0.717) is 31.7 Å². The fourth-order valence-corrected chi connectivity index (χ4v) is 3.07. The minimum atomic E-state index is -4.41. The predicted octanol–water partition coefficient (Wildman–Crippen LogP) is 2.45. The van der Waals surface area contributed by atoms with Crippen LogP contribution in [0.15, 0.2) is 36.5 Å². The van der Waals surface area contributed by atoms with Crippen molar-refractivity contribution in [1.29, 1.82) is 0 Å². The molecule has 150 valence electrons. The summed E-state index contributed by atoms with van der Waals surface area (Å²) < 4.78 is 38.5. The second-order valence-electron chi connectivity index (χ2n) is 6.91. The molecule has 0 aliphatic carbocycles. The van der Waals surface area contributed by atoms with E-state index in [1.165, 1.54) is 6.07 Å². The molecule has 28 heavy (non-hydrogen) atoms. The summed E-state index contributed by atoms with van der Waals surface area (Å²) in [5, 5.41) is 8.17. The van der Waals surface area contributed by atoms with Gasteiger partial charge in [0, 0.05) is 46.3 Å². The van der Waals surface area contributed by atoms with Crippen molar-refractivity contribution >= 4 is 17.4 Å². The molecule has 0 unspecified atom stereocenters. The second-order valence-corrected chi connectivity index (χ2v) is 6.91. The lowest BCUT2D eigenvalue weighted by atomic mass is 10.1. The summed E-state index contributed by atoms with van der Waals surface area (Å²) in [6.07, 6.45) is -2.77. The van der Waals surface area contributed by atoms with Crippen molar-refractivity contribution in [3.05, 3.63) is 47.7 Å². The van der Waals surface area contributed by atoms with Crippen LogP contribution in [0.3, 0.4) is 0 Å². The van der Waals surface area contributed by atoms with Crippen LogP contribution in [-0.2, 0) is 17.4 Å². The maximum Gasteiger partial charge on any atom is 0.416 e. The Labute approximate surface area is 161 Å². The first-order valence-corrected chi connectivity index (χ1v) is 8.93. The number of hydrogen-bond acceptors (Lipinski definition) is 5. The molecular formula is C19H22F3N5O. The highest BCUT2D eigenvalue weighted by molar-refractivity contribution is 5.79. The molecule has 0 bridgehead atoms. The lowest BCUT2D eigenvalue weighted by Crippen LogP contribution is -2.49. The number of carbonyl (C=O) groups is 1. The number of amides is 1. The first-order chi connectivity index (χ1) is 13.2. The number of anilines is 2. The van der Waals surface area contributed by atoms with E-state index in [0.717, 1.165) is 23.6 Å². The zero-order valence-electron chi connectivity index (χ0n) is 15.8. The topological polar surface area (TPSA) is 52.6 Å². The molecule has 6 nitrogen and oxygen atoms in total. The highest BCUT2D eigenvalue weighted by Crippen LogP contribution is 2.29. The van der Waals surface area contributed by atoms with E-state index in [1.807, 2.05) is 30.0 Å². The molecule has 0 spiro atoms. The molecule has 0 N–H and O–H groups in total. The molecule has 1 aromatic carbocycles. The van der Waals surface area contributed by atoms with Crippen molar-refractivity contribution in [2.75, 3.05) is 50.1 Å². The molecule has 1 amide bonds. The average Bonchev–Trinajstić information content (AvgIpc) is 2.68. The van der Waals surface area contributed by atoms with Gasteiger partial charge in [-0.2, -0.15) is 18.3 Å². The standard InChI is InChI=1S/C19H22F3N5O/c1-25(2)16-12-17(24-23-13-16)26-6-8-27(9-7-26)18(28)11-14-4-3-5-15(10-14)19(20,21)22/h3-5,10,12-13H,6-9,11H2,1-2H3. The third kappa shape index (κ3) is 4.71. The number of halogens is 3. The zero-order valence-corrected chi connectivity index (χ0v) is 15.8. The smallest absolute Gasteiger partial charge is 0.376 e. The number of benzene rings is 1. The molecule has 0 saturated carbocycles. The van der Waals surface area contributed by atoms with E-state index in [9.17, 15) is 18.0 Å². The fraction of sp³-hybridized carbons (Fsp3) is 0.421. The number of carbonyl (C=O) groups excluding carboxylic acids is 1. The normalized spacial score (nSPS) is 14.9. The van der Waals surface area contributed by atoms with Gasteiger partial charge < -0.3 is 14.7 Å². The molecule has 2 heterocycles. The fourth-order valence-electron chi connectivity index (χ4n) is 3.07. The van der Waals surface area contributed by atoms with Gasteiger partial charge in [-0.15, -0.1) is 5.10 Å². The van der Waals surface area contributed by atoms with Gasteiger partial charge in [-0.05, 0) is 11.6 Å². The summed E-state index contributed by atoms with van der Waals surface area (Å²) in [5.41, 5.74) is 0.571. The van der Waals surface area contributed by atoms with Crippen molar-refractivity contribution < 1.29 is 18.0 Å². The summed E-state index contributed by atoms with van der Waals surface area (Å²) in [6.45, 7) is 2.18. The Morgan fingerprint density at radius 2 is 1.86 bits per heavy atom. The third-order valence-electron chi connectivity index (χ3n) is 4.71. The zero-order chi connectivity index (χ0) is 20.3. The van der Waals surface area contributed by atoms with Crippen LogP contribution in [-0.4, -0.2) is 61.3 Å². The van der Waals surface area contributed by atoms with E-state index in [1.54, 1.807) is 17.2 Å². The quantitative estimate of drug-likeness (QED) is 0.799. The van der Waals surface area contributed by atoms with E-state index in [2.05, 4.69) is 10.2 Å². The minimum Gasteiger partial charge on any atom is -0.376 e. The van der Waals surface area contributed by atoms with Crippen molar-refractivity contribution in [3.8, 4) is 0 Å². The summed E-state index contributed by atoms with van der Waals surface area (Å²) in [5.74, 6) is 0.572. The van der Waals surface area contributed by atoms with Crippen LogP contribution in [0.1, 0.15) is 11.1 Å². The van der Waals surface area contributed by atoms with Gasteiger partial charge in [-0.25, -0.2) is 0 Å². The number of nitrogens with zero attached hydrogens (tertiary/aromatic N) is 5. The summed E-state index contributed by atoms with van der Waals surface area (Å²) in [4.78, 5) is 18.2. The molecule has 9 heteroatoms. The molecule has 0 atom stereocenters. The Hall–Kier alpha value is -2.84. The number of piperazine rings is 1. The van der Waals surface area contributed by atoms with E-state index in [-0.39, 0.29) is 12.3 Å². The van der Waals surface area contributed by atoms with Crippen LogP contribution in [0, 0.1) is 0 Å². The monoisotopic (exact) mass is 393 g/mol. The lowest BCUT2D eigenvalue weighted by Gasteiger charge is -2.35. The van der Waals surface area contributed by atoms with Gasteiger partial charge >= 0.3 is 6.18 Å². The van der Waals surface area contributed by atoms with Crippen LogP contribution in [0.25, 0.3) is 0 Å². The maximum absolute atomic E-state index is 12.8. The van der Waals surface area contributed by atoms with Gasteiger partial charge in [-0.3, -0.25) is 4.79 Å². The molecule has 1 saturated heterocycles. The van der Waals surface area contributed by atoms with Crippen molar-refractivity contribution in [3.63, 3.8) is 0 Å². The summed E-state index contributed by atoms with van der Waals surface area (Å²) in [6, 6.07) is 6.87. The average molecular weight is 393 g/mol. The SMILES string of the molecule is CN(C)c1cnnc(N2CCN(C(=O)Cc3cccc(C(F)(F)F)c3)CC2)c1.